The van der Waals surface area contributed by atoms with Gasteiger partial charge in [-0.3, -0.25) is 9.36 Å². The fraction of sp³-hybridized carbons (Fsp3) is 0.333. The van der Waals surface area contributed by atoms with Gasteiger partial charge >= 0.3 is 0 Å². The summed E-state index contributed by atoms with van der Waals surface area (Å²) >= 11 is 3.63. The smallest absolute Gasteiger partial charge is 0.261 e. The Balaban J connectivity index is 1.85. The van der Waals surface area contributed by atoms with Gasteiger partial charge in [0.15, 0.2) is 0 Å². The summed E-state index contributed by atoms with van der Waals surface area (Å²) in [5, 5.41) is 2.96. The first-order valence-corrected chi connectivity index (χ1v) is 15.0. The van der Waals surface area contributed by atoms with Crippen LogP contribution < -0.4 is 15.9 Å². The number of fused-ring (bicyclic) bond motifs is 1. The van der Waals surface area contributed by atoms with Crippen LogP contribution in [0.4, 0.5) is 0 Å². The number of hydrogen-bond acceptors (Lipinski definition) is 3. The number of aryl methyl sites for hydroxylation is 1. The molecule has 0 aliphatic rings. The highest BCUT2D eigenvalue weighted by Gasteiger charge is 2.51. The molecule has 0 bridgehead atoms. The molecule has 6 heteroatoms. The third-order valence-electron chi connectivity index (χ3n) is 6.95. The lowest BCUT2D eigenvalue weighted by atomic mass is 9.93. The highest BCUT2D eigenvalue weighted by Crippen LogP contribution is 2.38. The molecule has 0 unspecified atom stereocenters. The molecule has 0 aliphatic carbocycles. The van der Waals surface area contributed by atoms with Crippen LogP contribution in [0.15, 0.2) is 82.1 Å². The molecule has 3 aromatic carbocycles. The second-order valence-corrected chi connectivity index (χ2v) is 16.4. The van der Waals surface area contributed by atoms with Crippen LogP contribution >= 0.6 is 15.9 Å². The van der Waals surface area contributed by atoms with E-state index in [0.29, 0.717) is 23.3 Å². The molecule has 1 heterocycles. The lowest BCUT2D eigenvalue weighted by molar-refractivity contribution is 0.216. The Kier molecular flexibility index (Phi) is 7.17. The molecule has 0 saturated heterocycles. The summed E-state index contributed by atoms with van der Waals surface area (Å²) in [7, 11) is -0.909. The Morgan fingerprint density at radius 2 is 1.44 bits per heavy atom. The maximum absolute atomic E-state index is 13.4. The molecule has 4 rings (SSSR count). The molecule has 0 amide bonds. The van der Waals surface area contributed by atoms with Gasteiger partial charge in [0.25, 0.3) is 13.9 Å². The number of nitrogens with zero attached hydrogens (tertiary/aromatic N) is 2. The van der Waals surface area contributed by atoms with Crippen molar-refractivity contribution in [2.75, 3.05) is 6.61 Å². The first kappa shape index (κ1) is 26.5. The topological polar surface area (TPSA) is 44.1 Å². The average Bonchev–Trinajstić information content (AvgIpc) is 2.82. The number of halogens is 1. The van der Waals surface area contributed by atoms with Crippen LogP contribution in [0.5, 0.6) is 0 Å². The third-order valence-corrected chi connectivity index (χ3v) is 12.5. The van der Waals surface area contributed by atoms with E-state index in [1.165, 1.54) is 10.4 Å². The maximum atomic E-state index is 13.4. The van der Waals surface area contributed by atoms with E-state index in [4.69, 9.17) is 9.41 Å². The Morgan fingerprint density at radius 1 is 0.917 bits per heavy atom. The average molecular weight is 564 g/mol. The van der Waals surface area contributed by atoms with E-state index >= 15 is 0 Å². The summed E-state index contributed by atoms with van der Waals surface area (Å²) in [6.45, 7) is 13.5. The molecule has 36 heavy (non-hydrogen) atoms. The number of rotatable bonds is 6. The summed E-state index contributed by atoms with van der Waals surface area (Å²) in [6.07, 6.45) is 0. The van der Waals surface area contributed by atoms with Gasteiger partial charge in [0.2, 0.25) is 0 Å². The van der Waals surface area contributed by atoms with E-state index in [1.807, 2.05) is 26.1 Å². The van der Waals surface area contributed by atoms with Crippen molar-refractivity contribution in [1.82, 2.24) is 9.55 Å². The van der Waals surface area contributed by atoms with Gasteiger partial charge in [-0.15, -0.1) is 0 Å². The Labute approximate surface area is 223 Å². The van der Waals surface area contributed by atoms with E-state index < -0.39 is 13.7 Å². The number of hydrogen-bond donors (Lipinski definition) is 0. The van der Waals surface area contributed by atoms with E-state index in [9.17, 15) is 4.79 Å². The first-order valence-electron chi connectivity index (χ1n) is 12.3. The van der Waals surface area contributed by atoms with Crippen molar-refractivity contribution >= 4 is 45.5 Å². The SMILES string of the molecule is Cc1cc(Br)c2nc(C(C)(C)CO[Si](c3ccccc3)(c3ccccc3)C(C)(C)C)n(C)c(=O)c2c1. The highest BCUT2D eigenvalue weighted by atomic mass is 79.9. The van der Waals surface area contributed by atoms with Gasteiger partial charge in [-0.1, -0.05) is 95.3 Å². The monoisotopic (exact) mass is 562 g/mol. The fourth-order valence-corrected chi connectivity index (χ4v) is 10.6. The number of benzene rings is 3. The highest BCUT2D eigenvalue weighted by molar-refractivity contribution is 9.10. The van der Waals surface area contributed by atoms with Gasteiger partial charge < -0.3 is 4.43 Å². The molecule has 0 spiro atoms. The van der Waals surface area contributed by atoms with Crippen molar-refractivity contribution in [2.45, 2.75) is 52.0 Å². The van der Waals surface area contributed by atoms with Crippen LogP contribution in [0.2, 0.25) is 5.04 Å². The first-order chi connectivity index (χ1) is 16.9. The minimum Gasteiger partial charge on any atom is -0.406 e. The normalized spacial score (nSPS) is 12.8. The molecule has 4 nitrogen and oxygen atoms in total. The second-order valence-electron chi connectivity index (χ2n) is 11.3. The van der Waals surface area contributed by atoms with Crippen molar-refractivity contribution in [1.29, 1.82) is 0 Å². The van der Waals surface area contributed by atoms with Gasteiger partial charge in [-0.25, -0.2) is 4.98 Å². The summed E-state index contributed by atoms with van der Waals surface area (Å²) in [5.41, 5.74) is 1.16. The largest absolute Gasteiger partial charge is 0.406 e. The minimum atomic E-state index is -2.72. The molecular formula is C30H35BrN2O2Si. The van der Waals surface area contributed by atoms with Crippen molar-refractivity contribution < 1.29 is 4.43 Å². The van der Waals surface area contributed by atoms with Crippen LogP contribution in [-0.4, -0.2) is 24.5 Å². The van der Waals surface area contributed by atoms with Gasteiger partial charge in [-0.05, 0) is 56.0 Å². The lowest BCUT2D eigenvalue weighted by Gasteiger charge is -2.44. The maximum Gasteiger partial charge on any atom is 0.261 e. The lowest BCUT2D eigenvalue weighted by Crippen LogP contribution is -2.67. The molecule has 0 atom stereocenters. The molecule has 188 valence electrons. The van der Waals surface area contributed by atoms with E-state index in [0.717, 1.165) is 10.0 Å². The third kappa shape index (κ3) is 4.62. The summed E-state index contributed by atoms with van der Waals surface area (Å²) < 4.78 is 9.73. The van der Waals surface area contributed by atoms with Crippen LogP contribution in [0.1, 0.15) is 46.0 Å². The van der Waals surface area contributed by atoms with Gasteiger partial charge in [0, 0.05) is 23.5 Å². The molecular weight excluding hydrogens is 528 g/mol. The molecule has 0 N–H and O–H groups in total. The van der Waals surface area contributed by atoms with E-state index in [1.54, 1.807) is 4.57 Å². The molecule has 0 saturated carbocycles. The zero-order chi connectivity index (χ0) is 26.3. The summed E-state index contributed by atoms with van der Waals surface area (Å²) in [5.74, 6) is 0.711. The Hall–Kier alpha value is -2.54. The van der Waals surface area contributed by atoms with Crippen LogP contribution in [0.25, 0.3) is 10.9 Å². The summed E-state index contributed by atoms with van der Waals surface area (Å²) in [6, 6.07) is 25.2. The molecule has 1 aromatic heterocycles. The minimum absolute atomic E-state index is 0.0436. The van der Waals surface area contributed by atoms with E-state index in [2.05, 4.69) is 111 Å². The van der Waals surface area contributed by atoms with Gasteiger partial charge in [-0.2, -0.15) is 0 Å². The number of aromatic nitrogens is 2. The van der Waals surface area contributed by atoms with Crippen molar-refractivity contribution in [2.24, 2.45) is 7.05 Å². The Morgan fingerprint density at radius 3 is 1.94 bits per heavy atom. The fourth-order valence-electron chi connectivity index (χ4n) is 5.19. The molecule has 0 radical (unpaired) electrons. The molecule has 0 fully saturated rings. The van der Waals surface area contributed by atoms with Crippen molar-refractivity contribution in [3.8, 4) is 0 Å². The standard InChI is InChI=1S/C30H35BrN2O2Si/c1-21-18-24-26(25(31)19-21)32-28(33(7)27(24)34)30(5,6)20-35-36(29(2,3)4,22-14-10-8-11-15-22)23-16-12-9-13-17-23/h8-19H,20H2,1-7H3. The second kappa shape index (κ2) is 9.73. The van der Waals surface area contributed by atoms with Crippen molar-refractivity contribution in [3.05, 3.63) is 99.0 Å². The van der Waals surface area contributed by atoms with E-state index in [-0.39, 0.29) is 10.6 Å². The molecule has 0 aliphatic heterocycles. The molecule has 4 aromatic rings. The van der Waals surface area contributed by atoms with Crippen LogP contribution in [0, 0.1) is 6.92 Å². The van der Waals surface area contributed by atoms with Crippen molar-refractivity contribution in [3.63, 3.8) is 0 Å². The Bertz CT molecular complexity index is 1400. The zero-order valence-corrected chi connectivity index (χ0v) is 24.8. The predicted molar refractivity (Wildman–Crippen MR) is 156 cm³/mol. The quantitative estimate of drug-likeness (QED) is 0.276. The van der Waals surface area contributed by atoms with Gasteiger partial charge in [0.1, 0.15) is 5.82 Å². The predicted octanol–water partition coefficient (Wildman–Crippen LogP) is 5.86. The van der Waals surface area contributed by atoms with Gasteiger partial charge in [0.05, 0.1) is 10.9 Å². The zero-order valence-electron chi connectivity index (χ0n) is 22.2. The van der Waals surface area contributed by atoms with Crippen LogP contribution in [-0.2, 0) is 16.9 Å². The summed E-state index contributed by atoms with van der Waals surface area (Å²) in [4.78, 5) is 18.4. The van der Waals surface area contributed by atoms with Crippen LogP contribution in [0.3, 0.4) is 0 Å².